The summed E-state index contributed by atoms with van der Waals surface area (Å²) >= 11 is 0. The van der Waals surface area contributed by atoms with Crippen molar-refractivity contribution < 1.29 is 14.3 Å². The van der Waals surface area contributed by atoms with E-state index in [1.807, 2.05) is 0 Å². The minimum Gasteiger partial charge on any atom is -0.458 e. The molecule has 1 atom stereocenters. The fourth-order valence-corrected chi connectivity index (χ4v) is 1.55. The molecule has 1 heterocycles. The number of nitrogens with one attached hydrogen (secondary N) is 1. The van der Waals surface area contributed by atoms with Gasteiger partial charge in [-0.15, -0.1) is 0 Å². The van der Waals surface area contributed by atoms with Crippen molar-refractivity contribution >= 4 is 11.9 Å². The van der Waals surface area contributed by atoms with E-state index < -0.39 is 17.6 Å². The maximum absolute atomic E-state index is 11.9. The van der Waals surface area contributed by atoms with Crippen LogP contribution < -0.4 is 11.1 Å². The van der Waals surface area contributed by atoms with Gasteiger partial charge < -0.3 is 20.7 Å². The molecule has 1 unspecified atom stereocenters. The van der Waals surface area contributed by atoms with Crippen LogP contribution >= 0.6 is 0 Å². The van der Waals surface area contributed by atoms with Crippen LogP contribution in [0.15, 0.2) is 0 Å². The number of carbonyl (C=O) groups is 2. The van der Waals surface area contributed by atoms with Crippen LogP contribution in [0.4, 0.5) is 0 Å². The number of amides is 1. The predicted molar refractivity (Wildman–Crippen MR) is 63.3 cm³/mol. The smallest absolute Gasteiger partial charge is 0.333 e. The van der Waals surface area contributed by atoms with Gasteiger partial charge >= 0.3 is 5.97 Å². The van der Waals surface area contributed by atoms with Crippen LogP contribution in [0.25, 0.3) is 0 Å². The van der Waals surface area contributed by atoms with Crippen molar-refractivity contribution in [2.45, 2.75) is 32.4 Å². The molecule has 1 aliphatic rings. The lowest BCUT2D eigenvalue weighted by molar-refractivity contribution is -0.160. The molecule has 98 valence electrons. The lowest BCUT2D eigenvalue weighted by Crippen LogP contribution is -2.55. The molecule has 6 heteroatoms. The van der Waals surface area contributed by atoms with Crippen molar-refractivity contribution in [3.8, 4) is 0 Å². The van der Waals surface area contributed by atoms with Gasteiger partial charge in [0.25, 0.3) is 5.91 Å². The standard InChI is InChI=1S/C11H21N3O3/c1-11(2,3)17-10(16)8(12)9(15)14-6-4-13-5-7-14/h8,13H,4-7,12H2,1-3H3. The van der Waals surface area contributed by atoms with Crippen LogP contribution in [-0.2, 0) is 14.3 Å². The van der Waals surface area contributed by atoms with Gasteiger partial charge in [-0.05, 0) is 20.8 Å². The molecule has 0 aliphatic carbocycles. The Morgan fingerprint density at radius 3 is 2.29 bits per heavy atom. The predicted octanol–water partition coefficient (Wildman–Crippen LogP) is -0.913. The zero-order valence-electron chi connectivity index (χ0n) is 10.7. The lowest BCUT2D eigenvalue weighted by atomic mass is 10.2. The molecule has 0 aromatic heterocycles. The highest BCUT2D eigenvalue weighted by molar-refractivity contribution is 6.01. The van der Waals surface area contributed by atoms with Crippen molar-refractivity contribution in [3.05, 3.63) is 0 Å². The zero-order chi connectivity index (χ0) is 13.1. The third-order valence-corrected chi connectivity index (χ3v) is 2.36. The SMILES string of the molecule is CC(C)(C)OC(=O)C(N)C(=O)N1CCNCC1. The monoisotopic (exact) mass is 243 g/mol. The Morgan fingerprint density at radius 2 is 1.82 bits per heavy atom. The van der Waals surface area contributed by atoms with Crippen LogP contribution in [0.1, 0.15) is 20.8 Å². The second kappa shape index (κ2) is 5.46. The number of hydrogen-bond acceptors (Lipinski definition) is 5. The maximum atomic E-state index is 11.9. The number of nitrogens with two attached hydrogens (primary N) is 1. The number of hydrogen-bond donors (Lipinski definition) is 2. The van der Waals surface area contributed by atoms with E-state index >= 15 is 0 Å². The molecule has 1 aliphatic heterocycles. The minimum absolute atomic E-state index is 0.360. The third-order valence-electron chi connectivity index (χ3n) is 2.36. The Labute approximate surface area is 101 Å². The number of nitrogens with zero attached hydrogens (tertiary/aromatic N) is 1. The Balaban J connectivity index is 2.53. The van der Waals surface area contributed by atoms with Gasteiger partial charge in [0.1, 0.15) is 5.60 Å². The van der Waals surface area contributed by atoms with E-state index in [9.17, 15) is 9.59 Å². The van der Waals surface area contributed by atoms with Gasteiger partial charge in [-0.3, -0.25) is 4.79 Å². The molecule has 0 saturated carbocycles. The summed E-state index contributed by atoms with van der Waals surface area (Å²) < 4.78 is 5.08. The van der Waals surface area contributed by atoms with Gasteiger partial charge in [0, 0.05) is 26.2 Å². The summed E-state index contributed by atoms with van der Waals surface area (Å²) in [6, 6.07) is -1.22. The fraction of sp³-hybridized carbons (Fsp3) is 0.818. The molecule has 0 spiro atoms. The Bertz CT molecular complexity index is 293. The summed E-state index contributed by atoms with van der Waals surface area (Å²) in [7, 11) is 0. The van der Waals surface area contributed by atoms with Crippen molar-refractivity contribution in [2.24, 2.45) is 5.73 Å². The average Bonchev–Trinajstić information content (AvgIpc) is 2.26. The topological polar surface area (TPSA) is 84.7 Å². The first-order chi connectivity index (χ1) is 7.81. The van der Waals surface area contributed by atoms with Crippen LogP contribution in [0.3, 0.4) is 0 Å². The van der Waals surface area contributed by atoms with Gasteiger partial charge in [0.05, 0.1) is 0 Å². The molecule has 1 amide bonds. The van der Waals surface area contributed by atoms with E-state index in [-0.39, 0.29) is 5.91 Å². The van der Waals surface area contributed by atoms with Crippen LogP contribution in [-0.4, -0.2) is 54.6 Å². The van der Waals surface area contributed by atoms with E-state index in [1.54, 1.807) is 25.7 Å². The van der Waals surface area contributed by atoms with Crippen molar-refractivity contribution in [3.63, 3.8) is 0 Å². The number of carbonyl (C=O) groups excluding carboxylic acids is 2. The molecular formula is C11H21N3O3. The summed E-state index contributed by atoms with van der Waals surface area (Å²) in [4.78, 5) is 25.1. The molecule has 1 fully saturated rings. The maximum Gasteiger partial charge on any atom is 0.333 e. The molecule has 3 N–H and O–H groups in total. The molecule has 17 heavy (non-hydrogen) atoms. The Morgan fingerprint density at radius 1 is 1.29 bits per heavy atom. The van der Waals surface area contributed by atoms with Crippen LogP contribution in [0.2, 0.25) is 0 Å². The normalized spacial score (nSPS) is 18.7. The van der Waals surface area contributed by atoms with Gasteiger partial charge in [-0.1, -0.05) is 0 Å². The van der Waals surface area contributed by atoms with E-state index in [0.717, 1.165) is 13.1 Å². The number of esters is 1. The van der Waals surface area contributed by atoms with Gasteiger partial charge in [0.2, 0.25) is 0 Å². The molecule has 0 bridgehead atoms. The highest BCUT2D eigenvalue weighted by atomic mass is 16.6. The molecule has 1 rings (SSSR count). The summed E-state index contributed by atoms with van der Waals surface area (Å²) in [6.45, 7) is 7.84. The second-order valence-corrected chi connectivity index (χ2v) is 5.09. The molecule has 0 aromatic rings. The van der Waals surface area contributed by atoms with Crippen molar-refractivity contribution in [2.75, 3.05) is 26.2 Å². The molecular weight excluding hydrogens is 222 g/mol. The Kier molecular flexibility index (Phi) is 4.47. The van der Waals surface area contributed by atoms with E-state index in [2.05, 4.69) is 5.32 Å². The zero-order valence-corrected chi connectivity index (χ0v) is 10.7. The molecule has 0 radical (unpaired) electrons. The molecule has 0 aromatic carbocycles. The number of rotatable bonds is 2. The first-order valence-corrected chi connectivity index (χ1v) is 5.79. The van der Waals surface area contributed by atoms with Crippen molar-refractivity contribution in [1.29, 1.82) is 0 Å². The van der Waals surface area contributed by atoms with Crippen molar-refractivity contribution in [1.82, 2.24) is 10.2 Å². The quantitative estimate of drug-likeness (QED) is 0.484. The largest absolute Gasteiger partial charge is 0.458 e. The first-order valence-electron chi connectivity index (χ1n) is 5.79. The minimum atomic E-state index is -1.22. The van der Waals surface area contributed by atoms with E-state index in [0.29, 0.717) is 13.1 Å². The summed E-state index contributed by atoms with van der Waals surface area (Å²) in [5, 5.41) is 3.13. The molecule has 1 saturated heterocycles. The second-order valence-electron chi connectivity index (χ2n) is 5.09. The lowest BCUT2D eigenvalue weighted by Gasteiger charge is -2.30. The summed E-state index contributed by atoms with van der Waals surface area (Å²) in [5.41, 5.74) is 4.99. The third kappa shape index (κ3) is 4.32. The van der Waals surface area contributed by atoms with Gasteiger partial charge in [-0.2, -0.15) is 0 Å². The van der Waals surface area contributed by atoms with Crippen LogP contribution in [0.5, 0.6) is 0 Å². The average molecular weight is 243 g/mol. The van der Waals surface area contributed by atoms with Gasteiger partial charge in [-0.25, -0.2) is 4.79 Å². The Hall–Kier alpha value is -1.14. The summed E-state index contributed by atoms with van der Waals surface area (Å²) in [6.07, 6.45) is 0. The first kappa shape index (κ1) is 13.9. The number of ether oxygens (including phenoxy) is 1. The highest BCUT2D eigenvalue weighted by Gasteiger charge is 2.31. The van der Waals surface area contributed by atoms with E-state index in [1.165, 1.54) is 0 Å². The van der Waals surface area contributed by atoms with Crippen LogP contribution in [0, 0.1) is 0 Å². The summed E-state index contributed by atoms with van der Waals surface area (Å²) in [5.74, 6) is -1.03. The fourth-order valence-electron chi connectivity index (χ4n) is 1.55. The van der Waals surface area contributed by atoms with Gasteiger partial charge in [0.15, 0.2) is 6.04 Å². The highest BCUT2D eigenvalue weighted by Crippen LogP contribution is 2.09. The number of piperazine rings is 1. The molecule has 6 nitrogen and oxygen atoms in total. The van der Waals surface area contributed by atoms with E-state index in [4.69, 9.17) is 10.5 Å².